The van der Waals surface area contributed by atoms with Crippen molar-refractivity contribution in [3.05, 3.63) is 34.1 Å². The average Bonchev–Trinajstić information content (AvgIpc) is 2.88. The molecule has 21 heavy (non-hydrogen) atoms. The number of rotatable bonds is 4. The molecule has 0 aliphatic carbocycles. The number of thioether (sulfide) groups is 1. The summed E-state index contributed by atoms with van der Waals surface area (Å²) in [5.41, 5.74) is 0.627. The second kappa shape index (κ2) is 7.49. The van der Waals surface area contributed by atoms with Crippen molar-refractivity contribution in [2.45, 2.75) is 31.1 Å². The number of nitrogens with one attached hydrogen (secondary N) is 2. The second-order valence-corrected chi connectivity index (χ2v) is 8.02. The topological polar surface area (TPSA) is 36.4 Å². The number of aliphatic imine (C=N–C) groups is 1. The van der Waals surface area contributed by atoms with Crippen molar-refractivity contribution in [3.8, 4) is 0 Å². The van der Waals surface area contributed by atoms with Crippen molar-refractivity contribution in [3.63, 3.8) is 0 Å². The predicted octanol–water partition coefficient (Wildman–Crippen LogP) is 3.54. The van der Waals surface area contributed by atoms with Gasteiger partial charge in [-0.3, -0.25) is 4.99 Å². The molecule has 1 saturated heterocycles. The van der Waals surface area contributed by atoms with E-state index in [1.54, 1.807) is 13.1 Å². The van der Waals surface area contributed by atoms with E-state index >= 15 is 0 Å². The minimum atomic E-state index is -0.217. The first kappa shape index (κ1) is 16.6. The summed E-state index contributed by atoms with van der Waals surface area (Å²) in [5, 5.41) is 6.50. The normalized spacial score (nSPS) is 22.4. The Labute approximate surface area is 138 Å². The molecule has 1 aliphatic heterocycles. The first-order chi connectivity index (χ1) is 10.0. The summed E-state index contributed by atoms with van der Waals surface area (Å²) >= 11 is 5.26. The van der Waals surface area contributed by atoms with E-state index in [-0.39, 0.29) is 10.6 Å². The van der Waals surface area contributed by atoms with Crippen LogP contribution in [-0.2, 0) is 6.54 Å². The highest BCUT2D eigenvalue weighted by Crippen LogP contribution is 2.36. The third-order valence-corrected chi connectivity index (χ3v) is 5.65. The zero-order chi connectivity index (χ0) is 15.3. The SMILES string of the molecule is CN=C(NCc1ccc(Br)cc1F)NCC1(C)CCCS1. The highest BCUT2D eigenvalue weighted by Gasteiger charge is 2.29. The number of benzene rings is 1. The molecule has 1 atom stereocenters. The van der Waals surface area contributed by atoms with Crippen LogP contribution in [0.25, 0.3) is 0 Å². The number of hydrogen-bond acceptors (Lipinski definition) is 2. The molecule has 3 nitrogen and oxygen atoms in total. The molecule has 6 heteroatoms. The molecule has 0 radical (unpaired) electrons. The van der Waals surface area contributed by atoms with Crippen LogP contribution in [0.15, 0.2) is 27.7 Å². The molecule has 0 aromatic heterocycles. The quantitative estimate of drug-likeness (QED) is 0.625. The van der Waals surface area contributed by atoms with Crippen LogP contribution >= 0.6 is 27.7 Å². The Morgan fingerprint density at radius 2 is 2.29 bits per heavy atom. The summed E-state index contributed by atoms with van der Waals surface area (Å²) < 4.78 is 14.8. The molecule has 1 fully saturated rings. The monoisotopic (exact) mass is 373 g/mol. The van der Waals surface area contributed by atoms with Crippen LogP contribution in [0.1, 0.15) is 25.3 Å². The van der Waals surface area contributed by atoms with E-state index in [9.17, 15) is 4.39 Å². The molecule has 0 bridgehead atoms. The maximum Gasteiger partial charge on any atom is 0.191 e. The molecule has 1 unspecified atom stereocenters. The van der Waals surface area contributed by atoms with E-state index in [4.69, 9.17) is 0 Å². The molecule has 0 spiro atoms. The van der Waals surface area contributed by atoms with Crippen molar-refractivity contribution < 1.29 is 4.39 Å². The minimum Gasteiger partial charge on any atom is -0.355 e. The van der Waals surface area contributed by atoms with Gasteiger partial charge in [-0.15, -0.1) is 0 Å². The fraction of sp³-hybridized carbons (Fsp3) is 0.533. The van der Waals surface area contributed by atoms with Crippen LogP contribution in [-0.4, -0.2) is 30.1 Å². The van der Waals surface area contributed by atoms with Crippen LogP contribution < -0.4 is 10.6 Å². The lowest BCUT2D eigenvalue weighted by Gasteiger charge is -2.24. The lowest BCUT2D eigenvalue weighted by atomic mass is 10.1. The van der Waals surface area contributed by atoms with Crippen LogP contribution in [0.3, 0.4) is 0 Å². The molecule has 2 rings (SSSR count). The molecule has 2 N–H and O–H groups in total. The van der Waals surface area contributed by atoms with Crippen molar-refractivity contribution in [2.75, 3.05) is 19.3 Å². The molecule has 0 saturated carbocycles. The third-order valence-electron chi connectivity index (χ3n) is 3.62. The second-order valence-electron chi connectivity index (χ2n) is 5.42. The molecular formula is C15H21BrFN3S. The summed E-state index contributed by atoms with van der Waals surface area (Å²) in [7, 11) is 1.73. The molecule has 0 amide bonds. The number of halogens is 2. The van der Waals surface area contributed by atoms with Crippen LogP contribution in [0.5, 0.6) is 0 Å². The van der Waals surface area contributed by atoms with Gasteiger partial charge in [0.1, 0.15) is 5.82 Å². The molecule has 1 aromatic carbocycles. The van der Waals surface area contributed by atoms with Gasteiger partial charge in [-0.2, -0.15) is 11.8 Å². The van der Waals surface area contributed by atoms with Gasteiger partial charge in [0.25, 0.3) is 0 Å². The van der Waals surface area contributed by atoms with Gasteiger partial charge >= 0.3 is 0 Å². The third kappa shape index (κ3) is 4.88. The van der Waals surface area contributed by atoms with Crippen molar-refractivity contribution in [1.82, 2.24) is 10.6 Å². The predicted molar refractivity (Wildman–Crippen MR) is 92.4 cm³/mol. The first-order valence-electron chi connectivity index (χ1n) is 7.05. The van der Waals surface area contributed by atoms with Gasteiger partial charge in [-0.05, 0) is 37.7 Å². The van der Waals surface area contributed by atoms with Gasteiger partial charge in [0.15, 0.2) is 5.96 Å². The summed E-state index contributed by atoms with van der Waals surface area (Å²) in [5.74, 6) is 1.73. The molecule has 116 valence electrons. The van der Waals surface area contributed by atoms with Crippen LogP contribution in [0, 0.1) is 5.82 Å². The van der Waals surface area contributed by atoms with Crippen molar-refractivity contribution in [2.24, 2.45) is 4.99 Å². The number of guanidine groups is 1. The van der Waals surface area contributed by atoms with E-state index < -0.39 is 0 Å². The van der Waals surface area contributed by atoms with E-state index in [0.29, 0.717) is 18.1 Å². The van der Waals surface area contributed by atoms with Gasteiger partial charge in [-0.1, -0.05) is 22.0 Å². The summed E-state index contributed by atoms with van der Waals surface area (Å²) in [4.78, 5) is 4.20. The Bertz CT molecular complexity index is 516. The molecule has 1 aliphatic rings. The largest absolute Gasteiger partial charge is 0.355 e. The highest BCUT2D eigenvalue weighted by atomic mass is 79.9. The van der Waals surface area contributed by atoms with Gasteiger partial charge in [0, 0.05) is 34.9 Å². The van der Waals surface area contributed by atoms with E-state index in [1.165, 1.54) is 24.7 Å². The van der Waals surface area contributed by atoms with Gasteiger partial charge in [-0.25, -0.2) is 4.39 Å². The minimum absolute atomic E-state index is 0.217. The lowest BCUT2D eigenvalue weighted by Crippen LogP contribution is -2.43. The Morgan fingerprint density at radius 1 is 1.48 bits per heavy atom. The summed E-state index contributed by atoms with van der Waals surface area (Å²) in [6.07, 6.45) is 2.50. The zero-order valence-electron chi connectivity index (χ0n) is 12.4. The highest BCUT2D eigenvalue weighted by molar-refractivity contribution is 9.10. The van der Waals surface area contributed by atoms with E-state index in [2.05, 4.69) is 38.5 Å². The maximum atomic E-state index is 13.8. The zero-order valence-corrected chi connectivity index (χ0v) is 14.8. The Balaban J connectivity index is 1.85. The first-order valence-corrected chi connectivity index (χ1v) is 8.83. The van der Waals surface area contributed by atoms with Crippen LogP contribution in [0.2, 0.25) is 0 Å². The summed E-state index contributed by atoms with van der Waals surface area (Å²) in [6.45, 7) is 3.57. The van der Waals surface area contributed by atoms with E-state index in [0.717, 1.165) is 11.0 Å². The number of nitrogens with zero attached hydrogens (tertiary/aromatic N) is 1. The smallest absolute Gasteiger partial charge is 0.191 e. The summed E-state index contributed by atoms with van der Waals surface area (Å²) in [6, 6.07) is 5.09. The Morgan fingerprint density at radius 3 is 2.90 bits per heavy atom. The standard InChI is InChI=1S/C15H21BrFN3S/c1-15(6-3-7-21-15)10-20-14(18-2)19-9-11-4-5-12(16)8-13(11)17/h4-5,8H,3,6-7,9-10H2,1-2H3,(H2,18,19,20). The van der Waals surface area contributed by atoms with Crippen LogP contribution in [0.4, 0.5) is 4.39 Å². The molecule has 1 heterocycles. The van der Waals surface area contributed by atoms with E-state index in [1.807, 2.05) is 17.8 Å². The van der Waals surface area contributed by atoms with Gasteiger partial charge in [0.05, 0.1) is 0 Å². The maximum absolute atomic E-state index is 13.8. The Kier molecular flexibility index (Phi) is 5.93. The Hall–Kier alpha value is -0.750. The van der Waals surface area contributed by atoms with Gasteiger partial charge < -0.3 is 10.6 Å². The van der Waals surface area contributed by atoms with Crippen molar-refractivity contribution >= 4 is 33.7 Å². The molecular weight excluding hydrogens is 353 g/mol. The molecule has 1 aromatic rings. The van der Waals surface area contributed by atoms with Crippen molar-refractivity contribution in [1.29, 1.82) is 0 Å². The fourth-order valence-electron chi connectivity index (χ4n) is 2.31. The van der Waals surface area contributed by atoms with Gasteiger partial charge in [0.2, 0.25) is 0 Å². The average molecular weight is 374 g/mol. The fourth-order valence-corrected chi connectivity index (χ4v) is 3.89. The number of hydrogen-bond donors (Lipinski definition) is 2. The lowest BCUT2D eigenvalue weighted by molar-refractivity contribution is 0.580.